The normalized spacial score (nSPS) is 20.2. The van der Waals surface area contributed by atoms with Crippen LogP contribution in [0.1, 0.15) is 55.2 Å². The average molecular weight is 292 g/mol. The molecule has 3 rings (SSSR count). The van der Waals surface area contributed by atoms with Crippen molar-refractivity contribution in [2.75, 3.05) is 0 Å². The van der Waals surface area contributed by atoms with Crippen LogP contribution in [0.25, 0.3) is 0 Å². The number of fused-ring (bicyclic) bond motifs is 1. The Bertz CT molecular complexity index is 585. The van der Waals surface area contributed by atoms with Gasteiger partial charge in [0.2, 0.25) is 6.08 Å². The van der Waals surface area contributed by atoms with E-state index in [2.05, 4.69) is 4.99 Å². The Morgan fingerprint density at radius 1 is 1.20 bits per heavy atom. The second-order valence-electron chi connectivity index (χ2n) is 5.87. The Labute approximate surface area is 123 Å². The van der Waals surface area contributed by atoms with Gasteiger partial charge in [0.1, 0.15) is 11.3 Å². The SMILES string of the molecule is O=C=NC1(c2c(O)c(Cl)cc3c2CCCC3)CCCC1. The minimum Gasteiger partial charge on any atom is -0.506 e. The second kappa shape index (κ2) is 5.23. The van der Waals surface area contributed by atoms with Crippen molar-refractivity contribution in [2.24, 2.45) is 4.99 Å². The third-order valence-corrected chi connectivity index (χ3v) is 5.02. The molecule has 0 aliphatic heterocycles. The molecule has 1 saturated carbocycles. The summed E-state index contributed by atoms with van der Waals surface area (Å²) in [6.07, 6.45) is 9.54. The fourth-order valence-electron chi connectivity index (χ4n) is 3.82. The number of carbonyl (C=O) groups excluding carboxylic acids is 1. The molecule has 0 atom stereocenters. The lowest BCUT2D eigenvalue weighted by Crippen LogP contribution is -2.23. The quantitative estimate of drug-likeness (QED) is 0.660. The molecule has 4 heteroatoms. The monoisotopic (exact) mass is 291 g/mol. The smallest absolute Gasteiger partial charge is 0.235 e. The second-order valence-corrected chi connectivity index (χ2v) is 6.28. The van der Waals surface area contributed by atoms with E-state index >= 15 is 0 Å². The number of benzene rings is 1. The van der Waals surface area contributed by atoms with E-state index in [4.69, 9.17) is 11.6 Å². The summed E-state index contributed by atoms with van der Waals surface area (Å²) >= 11 is 6.20. The molecule has 1 aromatic rings. The molecule has 2 aliphatic rings. The molecule has 0 saturated heterocycles. The van der Waals surface area contributed by atoms with Crippen molar-refractivity contribution in [3.05, 3.63) is 27.8 Å². The number of aliphatic imine (C=N–C) groups is 1. The fraction of sp³-hybridized carbons (Fsp3) is 0.562. The fourth-order valence-corrected chi connectivity index (χ4v) is 4.05. The number of aryl methyl sites for hydroxylation is 1. The molecule has 0 radical (unpaired) electrons. The summed E-state index contributed by atoms with van der Waals surface area (Å²) in [6, 6.07) is 1.88. The van der Waals surface area contributed by atoms with Crippen LogP contribution in [0.4, 0.5) is 0 Å². The zero-order chi connectivity index (χ0) is 14.2. The predicted molar refractivity (Wildman–Crippen MR) is 78.0 cm³/mol. The van der Waals surface area contributed by atoms with Crippen LogP contribution in [0.3, 0.4) is 0 Å². The highest BCUT2D eigenvalue weighted by Crippen LogP contribution is 2.50. The Balaban J connectivity index is 2.26. The van der Waals surface area contributed by atoms with Crippen LogP contribution in [0.5, 0.6) is 5.75 Å². The molecule has 0 unspecified atom stereocenters. The minimum atomic E-state index is -0.599. The zero-order valence-electron chi connectivity index (χ0n) is 11.4. The lowest BCUT2D eigenvalue weighted by Gasteiger charge is -2.30. The first-order chi connectivity index (χ1) is 9.68. The molecule has 0 aromatic heterocycles. The van der Waals surface area contributed by atoms with Crippen molar-refractivity contribution in [1.29, 1.82) is 0 Å². The molecule has 1 fully saturated rings. The molecule has 0 amide bonds. The molecular weight excluding hydrogens is 274 g/mol. The molecule has 3 nitrogen and oxygen atoms in total. The van der Waals surface area contributed by atoms with Gasteiger partial charge in [-0.15, -0.1) is 0 Å². The summed E-state index contributed by atoms with van der Waals surface area (Å²) in [6.45, 7) is 0. The number of phenolic OH excluding ortho intramolecular Hbond substituents is 1. The van der Waals surface area contributed by atoms with Crippen LogP contribution in [-0.4, -0.2) is 11.2 Å². The number of rotatable bonds is 2. The minimum absolute atomic E-state index is 0.119. The molecular formula is C16H18ClNO2. The molecule has 0 heterocycles. The summed E-state index contributed by atoms with van der Waals surface area (Å²) in [4.78, 5) is 15.0. The predicted octanol–water partition coefficient (Wildman–Crippen LogP) is 4.03. The summed E-state index contributed by atoms with van der Waals surface area (Å²) in [5.41, 5.74) is 2.58. The van der Waals surface area contributed by atoms with Gasteiger partial charge in [-0.05, 0) is 55.7 Å². The maximum Gasteiger partial charge on any atom is 0.235 e. The highest BCUT2D eigenvalue weighted by molar-refractivity contribution is 6.32. The van der Waals surface area contributed by atoms with Gasteiger partial charge in [0.25, 0.3) is 0 Å². The van der Waals surface area contributed by atoms with E-state index in [1.54, 1.807) is 6.08 Å². The Kier molecular flexibility index (Phi) is 3.57. The maximum atomic E-state index is 10.9. The van der Waals surface area contributed by atoms with E-state index in [0.717, 1.165) is 56.9 Å². The van der Waals surface area contributed by atoms with E-state index in [0.29, 0.717) is 5.02 Å². The molecule has 106 valence electrons. The van der Waals surface area contributed by atoms with Crippen molar-refractivity contribution in [1.82, 2.24) is 0 Å². The van der Waals surface area contributed by atoms with Gasteiger partial charge in [0.05, 0.1) is 5.02 Å². The number of halogens is 1. The van der Waals surface area contributed by atoms with Crippen molar-refractivity contribution < 1.29 is 9.90 Å². The van der Waals surface area contributed by atoms with Crippen molar-refractivity contribution in [3.8, 4) is 5.75 Å². The third-order valence-electron chi connectivity index (χ3n) is 4.73. The van der Waals surface area contributed by atoms with Crippen LogP contribution >= 0.6 is 11.6 Å². The first-order valence-electron chi connectivity index (χ1n) is 7.31. The van der Waals surface area contributed by atoms with Crippen molar-refractivity contribution in [3.63, 3.8) is 0 Å². The maximum absolute atomic E-state index is 10.9. The molecule has 20 heavy (non-hydrogen) atoms. The number of phenols is 1. The van der Waals surface area contributed by atoms with Gasteiger partial charge in [-0.25, -0.2) is 4.79 Å². The first kappa shape index (κ1) is 13.7. The van der Waals surface area contributed by atoms with Gasteiger partial charge in [0, 0.05) is 5.56 Å². The summed E-state index contributed by atoms with van der Waals surface area (Å²) in [7, 11) is 0. The van der Waals surface area contributed by atoms with Crippen LogP contribution < -0.4 is 0 Å². The molecule has 2 aliphatic carbocycles. The molecule has 0 spiro atoms. The number of aromatic hydroxyl groups is 1. The van der Waals surface area contributed by atoms with E-state index < -0.39 is 5.54 Å². The number of hydrogen-bond acceptors (Lipinski definition) is 3. The van der Waals surface area contributed by atoms with Gasteiger partial charge in [-0.1, -0.05) is 24.4 Å². The summed E-state index contributed by atoms with van der Waals surface area (Å²) < 4.78 is 0. The van der Waals surface area contributed by atoms with Crippen LogP contribution in [0.2, 0.25) is 5.02 Å². The van der Waals surface area contributed by atoms with Gasteiger partial charge in [-0.3, -0.25) is 0 Å². The van der Waals surface area contributed by atoms with Gasteiger partial charge < -0.3 is 5.11 Å². The van der Waals surface area contributed by atoms with Gasteiger partial charge in [-0.2, -0.15) is 4.99 Å². The zero-order valence-corrected chi connectivity index (χ0v) is 12.2. The Morgan fingerprint density at radius 2 is 1.90 bits per heavy atom. The lowest BCUT2D eigenvalue weighted by molar-refractivity contribution is 0.402. The summed E-state index contributed by atoms with van der Waals surface area (Å²) in [5.74, 6) is 0.119. The van der Waals surface area contributed by atoms with Crippen LogP contribution in [0.15, 0.2) is 11.1 Å². The van der Waals surface area contributed by atoms with E-state index in [9.17, 15) is 9.90 Å². The average Bonchev–Trinajstić information content (AvgIpc) is 2.90. The highest BCUT2D eigenvalue weighted by Gasteiger charge is 2.41. The van der Waals surface area contributed by atoms with Crippen LogP contribution in [0, 0.1) is 0 Å². The topological polar surface area (TPSA) is 49.7 Å². The molecule has 1 N–H and O–H groups in total. The van der Waals surface area contributed by atoms with Gasteiger partial charge in [0.15, 0.2) is 0 Å². The Hall–Kier alpha value is -1.31. The number of isocyanates is 1. The molecule has 1 aromatic carbocycles. The van der Waals surface area contributed by atoms with Crippen molar-refractivity contribution in [2.45, 2.75) is 56.9 Å². The van der Waals surface area contributed by atoms with Gasteiger partial charge >= 0.3 is 0 Å². The standard InChI is InChI=1S/C16H18ClNO2/c17-13-9-11-5-1-2-6-12(11)14(15(13)20)16(18-10-19)7-3-4-8-16/h9,20H,1-8H2. The largest absolute Gasteiger partial charge is 0.506 e. The lowest BCUT2D eigenvalue weighted by atomic mass is 9.78. The summed E-state index contributed by atoms with van der Waals surface area (Å²) in [5, 5.41) is 10.9. The number of hydrogen-bond donors (Lipinski definition) is 1. The van der Waals surface area contributed by atoms with E-state index in [-0.39, 0.29) is 5.75 Å². The first-order valence-corrected chi connectivity index (χ1v) is 7.68. The van der Waals surface area contributed by atoms with Crippen LogP contribution in [-0.2, 0) is 23.2 Å². The van der Waals surface area contributed by atoms with Crippen molar-refractivity contribution >= 4 is 17.7 Å². The van der Waals surface area contributed by atoms with E-state index in [1.165, 1.54) is 11.1 Å². The Morgan fingerprint density at radius 3 is 2.60 bits per heavy atom. The highest BCUT2D eigenvalue weighted by atomic mass is 35.5. The third kappa shape index (κ3) is 2.06. The van der Waals surface area contributed by atoms with E-state index in [1.807, 2.05) is 6.07 Å². The molecule has 0 bridgehead atoms. The number of nitrogens with zero attached hydrogens (tertiary/aromatic N) is 1.